The lowest BCUT2D eigenvalue weighted by Gasteiger charge is -1.98. The molecule has 0 aliphatic rings. The first-order chi connectivity index (χ1) is 8.67. The van der Waals surface area contributed by atoms with E-state index in [9.17, 15) is 9.59 Å². The minimum atomic E-state index is -0.350. The molecule has 0 spiro atoms. The largest absolute Gasteiger partial charge is 0.462 e. The summed E-state index contributed by atoms with van der Waals surface area (Å²) in [7, 11) is 0. The van der Waals surface area contributed by atoms with Gasteiger partial charge < -0.3 is 9.47 Å². The zero-order valence-electron chi connectivity index (χ0n) is 10.0. The van der Waals surface area contributed by atoms with Gasteiger partial charge in [0.1, 0.15) is 4.88 Å². The third-order valence-corrected chi connectivity index (χ3v) is 4.48. The van der Waals surface area contributed by atoms with Crippen LogP contribution in [0, 0.1) is 0 Å². The fourth-order valence-electron chi connectivity index (χ4n) is 1.50. The van der Waals surface area contributed by atoms with E-state index in [2.05, 4.69) is 0 Å². The maximum atomic E-state index is 11.7. The zero-order valence-corrected chi connectivity index (χ0v) is 11.7. The van der Waals surface area contributed by atoms with Crippen molar-refractivity contribution in [2.75, 3.05) is 13.2 Å². The standard InChI is InChI=1S/C12H12O4S2/c1-3-15-10(13)8-6-17-12-7(8)5-9(18-12)11(14)16-4-2/h5-6H,3-4H2,1-2H3. The number of hydrogen-bond donors (Lipinski definition) is 0. The Hall–Kier alpha value is -1.40. The molecule has 0 fully saturated rings. The van der Waals surface area contributed by atoms with Gasteiger partial charge in [-0.05, 0) is 19.9 Å². The first-order valence-corrected chi connectivity index (χ1v) is 7.22. The molecular formula is C12H12O4S2. The number of fused-ring (bicyclic) bond motifs is 1. The summed E-state index contributed by atoms with van der Waals surface area (Å²) in [4.78, 5) is 23.8. The van der Waals surface area contributed by atoms with Crippen LogP contribution in [0.2, 0.25) is 0 Å². The minimum absolute atomic E-state index is 0.338. The van der Waals surface area contributed by atoms with Crippen LogP contribution in [0.1, 0.15) is 33.9 Å². The molecule has 2 heterocycles. The van der Waals surface area contributed by atoms with Crippen molar-refractivity contribution in [1.82, 2.24) is 0 Å². The van der Waals surface area contributed by atoms with Crippen molar-refractivity contribution in [3.63, 3.8) is 0 Å². The summed E-state index contributed by atoms with van der Waals surface area (Å²) in [5.41, 5.74) is 0.517. The average Bonchev–Trinajstić information content (AvgIpc) is 2.88. The number of carbonyl (C=O) groups is 2. The molecule has 6 heteroatoms. The molecule has 0 unspecified atom stereocenters. The van der Waals surface area contributed by atoms with Crippen LogP contribution in [0.5, 0.6) is 0 Å². The van der Waals surface area contributed by atoms with Gasteiger partial charge in [0.05, 0.1) is 22.8 Å². The van der Waals surface area contributed by atoms with Crippen molar-refractivity contribution < 1.29 is 19.1 Å². The summed E-state index contributed by atoms with van der Waals surface area (Å²) in [6.45, 7) is 4.21. The van der Waals surface area contributed by atoms with Gasteiger partial charge in [0, 0.05) is 10.8 Å². The van der Waals surface area contributed by atoms with Crippen LogP contribution in [-0.2, 0) is 9.47 Å². The molecule has 2 aromatic heterocycles. The summed E-state index contributed by atoms with van der Waals surface area (Å²) in [5, 5.41) is 2.53. The molecule has 0 atom stereocenters. The van der Waals surface area contributed by atoms with Gasteiger partial charge in [0.25, 0.3) is 0 Å². The molecule has 18 heavy (non-hydrogen) atoms. The Bertz CT molecular complexity index is 582. The molecule has 2 rings (SSSR count). The van der Waals surface area contributed by atoms with E-state index in [1.165, 1.54) is 22.7 Å². The summed E-state index contributed by atoms with van der Waals surface area (Å²) >= 11 is 2.77. The van der Waals surface area contributed by atoms with Crippen LogP contribution in [-0.4, -0.2) is 25.2 Å². The molecular weight excluding hydrogens is 272 g/mol. The van der Waals surface area contributed by atoms with Gasteiger partial charge in [0.2, 0.25) is 0 Å². The maximum Gasteiger partial charge on any atom is 0.348 e. The topological polar surface area (TPSA) is 52.6 Å². The molecule has 0 N–H and O–H groups in total. The lowest BCUT2D eigenvalue weighted by Crippen LogP contribution is -2.03. The summed E-state index contributed by atoms with van der Waals surface area (Å²) < 4.78 is 10.8. The fraction of sp³-hybridized carbons (Fsp3) is 0.333. The predicted molar refractivity (Wildman–Crippen MR) is 71.6 cm³/mol. The number of hydrogen-bond acceptors (Lipinski definition) is 6. The molecule has 0 aromatic carbocycles. The van der Waals surface area contributed by atoms with E-state index in [-0.39, 0.29) is 11.9 Å². The molecule has 2 aromatic rings. The van der Waals surface area contributed by atoms with Crippen LogP contribution < -0.4 is 0 Å². The van der Waals surface area contributed by atoms with Gasteiger partial charge in [-0.25, -0.2) is 9.59 Å². The highest BCUT2D eigenvalue weighted by atomic mass is 32.2. The van der Waals surface area contributed by atoms with E-state index in [0.717, 1.165) is 9.40 Å². The maximum absolute atomic E-state index is 11.7. The second kappa shape index (κ2) is 5.49. The fourth-order valence-corrected chi connectivity index (χ4v) is 3.64. The molecule has 0 saturated carbocycles. The molecule has 0 radical (unpaired) electrons. The number of rotatable bonds is 4. The monoisotopic (exact) mass is 284 g/mol. The Balaban J connectivity index is 2.35. The Morgan fingerprint density at radius 2 is 1.83 bits per heavy atom. The Morgan fingerprint density at radius 1 is 1.17 bits per heavy atom. The van der Waals surface area contributed by atoms with Crippen molar-refractivity contribution >= 4 is 44.0 Å². The lowest BCUT2D eigenvalue weighted by molar-refractivity contribution is 0.0519. The lowest BCUT2D eigenvalue weighted by atomic mass is 10.2. The van der Waals surface area contributed by atoms with Crippen LogP contribution >= 0.6 is 22.7 Å². The first kappa shape index (κ1) is 13.0. The number of thiophene rings is 2. The van der Waals surface area contributed by atoms with Crippen LogP contribution in [0.4, 0.5) is 0 Å². The molecule has 0 saturated heterocycles. The third kappa shape index (κ3) is 2.39. The molecule has 0 aliphatic heterocycles. The zero-order chi connectivity index (χ0) is 13.1. The summed E-state index contributed by atoms with van der Waals surface area (Å²) in [6, 6.07) is 1.70. The van der Waals surface area contributed by atoms with Gasteiger partial charge in [-0.2, -0.15) is 0 Å². The normalized spacial score (nSPS) is 10.6. The van der Waals surface area contributed by atoms with Gasteiger partial charge in [-0.3, -0.25) is 0 Å². The van der Waals surface area contributed by atoms with Crippen LogP contribution in [0.15, 0.2) is 11.4 Å². The molecule has 0 aliphatic carbocycles. The predicted octanol–water partition coefficient (Wildman–Crippen LogP) is 3.32. The average molecular weight is 284 g/mol. The first-order valence-electron chi connectivity index (χ1n) is 5.52. The Labute approximate surface area is 112 Å². The van der Waals surface area contributed by atoms with Crippen molar-refractivity contribution in [3.8, 4) is 0 Å². The molecule has 4 nitrogen and oxygen atoms in total. The van der Waals surface area contributed by atoms with E-state index in [0.29, 0.717) is 23.7 Å². The second-order valence-electron chi connectivity index (χ2n) is 3.40. The molecule has 0 amide bonds. The third-order valence-electron chi connectivity index (χ3n) is 2.24. The van der Waals surface area contributed by atoms with Crippen LogP contribution in [0.3, 0.4) is 0 Å². The highest BCUT2D eigenvalue weighted by Gasteiger charge is 2.18. The highest BCUT2D eigenvalue weighted by molar-refractivity contribution is 7.38. The smallest absolute Gasteiger partial charge is 0.348 e. The van der Waals surface area contributed by atoms with Crippen molar-refractivity contribution in [2.45, 2.75) is 13.8 Å². The summed E-state index contributed by atoms with van der Waals surface area (Å²) in [5.74, 6) is -0.697. The van der Waals surface area contributed by atoms with Gasteiger partial charge in [0.15, 0.2) is 0 Å². The minimum Gasteiger partial charge on any atom is -0.462 e. The van der Waals surface area contributed by atoms with E-state index < -0.39 is 0 Å². The SMILES string of the molecule is CCOC(=O)c1cc2c(C(=O)OCC)csc2s1. The van der Waals surface area contributed by atoms with Crippen molar-refractivity contribution in [3.05, 3.63) is 21.9 Å². The van der Waals surface area contributed by atoms with Gasteiger partial charge in [-0.15, -0.1) is 22.7 Å². The number of ether oxygens (including phenoxy) is 2. The Kier molecular flexibility index (Phi) is 3.98. The van der Waals surface area contributed by atoms with E-state index >= 15 is 0 Å². The Morgan fingerprint density at radius 3 is 2.50 bits per heavy atom. The quantitative estimate of drug-likeness (QED) is 0.808. The van der Waals surface area contributed by atoms with Crippen molar-refractivity contribution in [1.29, 1.82) is 0 Å². The molecule has 0 bridgehead atoms. The van der Waals surface area contributed by atoms with Gasteiger partial charge in [-0.1, -0.05) is 0 Å². The van der Waals surface area contributed by atoms with E-state index in [1.54, 1.807) is 25.3 Å². The van der Waals surface area contributed by atoms with Crippen molar-refractivity contribution in [2.24, 2.45) is 0 Å². The van der Waals surface area contributed by atoms with E-state index in [1.807, 2.05) is 0 Å². The van der Waals surface area contributed by atoms with Gasteiger partial charge >= 0.3 is 11.9 Å². The summed E-state index contributed by atoms with van der Waals surface area (Å²) in [6.07, 6.45) is 0. The second-order valence-corrected chi connectivity index (χ2v) is 5.59. The number of esters is 2. The van der Waals surface area contributed by atoms with E-state index in [4.69, 9.17) is 9.47 Å². The highest BCUT2D eigenvalue weighted by Crippen LogP contribution is 2.34. The number of carbonyl (C=O) groups excluding carboxylic acids is 2. The molecule has 96 valence electrons. The van der Waals surface area contributed by atoms with Crippen LogP contribution in [0.25, 0.3) is 9.40 Å².